The number of amides is 3. The molecule has 1 heterocycles. The fraction of sp³-hybridized carbons (Fsp3) is 0.333. The number of imide groups is 1. The van der Waals surface area contributed by atoms with Crippen LogP contribution < -0.4 is 11.1 Å². The van der Waals surface area contributed by atoms with Crippen LogP contribution in [0.2, 0.25) is 0 Å². The molecule has 0 radical (unpaired) electrons. The van der Waals surface area contributed by atoms with Gasteiger partial charge in [-0.05, 0) is 25.3 Å². The van der Waals surface area contributed by atoms with Crippen molar-refractivity contribution in [1.82, 2.24) is 20.1 Å². The number of benzene rings is 1. The number of nitrogens with two attached hydrogens (primary N) is 1. The van der Waals surface area contributed by atoms with Crippen LogP contribution in [0.4, 0.5) is 4.79 Å². The molecule has 3 N–H and O–H groups in total. The van der Waals surface area contributed by atoms with Crippen LogP contribution in [-0.4, -0.2) is 26.7 Å². The summed E-state index contributed by atoms with van der Waals surface area (Å²) in [5, 5.41) is 10.5. The van der Waals surface area contributed by atoms with Crippen molar-refractivity contribution in [2.45, 2.75) is 36.2 Å². The molecule has 0 spiro atoms. The maximum absolute atomic E-state index is 12.4. The Morgan fingerprint density at radius 2 is 2.00 bits per heavy atom. The first-order valence-corrected chi connectivity index (χ1v) is 8.17. The van der Waals surface area contributed by atoms with E-state index in [4.69, 9.17) is 5.73 Å². The molecule has 1 saturated carbocycles. The number of hydrogen-bond donors (Lipinski definition) is 2. The molecular formula is C15H17N5O2S. The van der Waals surface area contributed by atoms with Crippen LogP contribution in [-0.2, 0) is 4.79 Å². The minimum atomic E-state index is -0.864. The molecular weight excluding hydrogens is 314 g/mol. The third-order valence-corrected chi connectivity index (χ3v) is 4.77. The number of rotatable bonds is 5. The zero-order valence-electron chi connectivity index (χ0n) is 12.6. The van der Waals surface area contributed by atoms with Crippen LogP contribution in [0.3, 0.4) is 0 Å². The summed E-state index contributed by atoms with van der Waals surface area (Å²) in [4.78, 5) is 23.4. The first kappa shape index (κ1) is 15.5. The lowest BCUT2D eigenvalue weighted by molar-refractivity contribution is -0.119. The summed E-state index contributed by atoms with van der Waals surface area (Å²) in [6.07, 6.45) is 2.19. The molecule has 0 saturated heterocycles. The highest BCUT2D eigenvalue weighted by molar-refractivity contribution is 8.00. The van der Waals surface area contributed by atoms with Crippen molar-refractivity contribution < 1.29 is 9.59 Å². The summed E-state index contributed by atoms with van der Waals surface area (Å²) in [6.45, 7) is 1.90. The van der Waals surface area contributed by atoms with Crippen molar-refractivity contribution in [3.05, 3.63) is 41.7 Å². The number of primary amides is 1. The van der Waals surface area contributed by atoms with Gasteiger partial charge in [0, 0.05) is 6.04 Å². The predicted octanol–water partition coefficient (Wildman–Crippen LogP) is 1.95. The molecule has 1 aromatic carbocycles. The van der Waals surface area contributed by atoms with E-state index in [-0.39, 0.29) is 0 Å². The van der Waals surface area contributed by atoms with E-state index in [9.17, 15) is 9.59 Å². The number of nitrogens with one attached hydrogen (secondary N) is 1. The van der Waals surface area contributed by atoms with E-state index >= 15 is 0 Å². The third-order valence-electron chi connectivity index (χ3n) is 3.56. The molecule has 1 aromatic heterocycles. The minimum absolute atomic E-state index is 0.406. The van der Waals surface area contributed by atoms with Crippen LogP contribution in [0, 0.1) is 6.92 Å². The summed E-state index contributed by atoms with van der Waals surface area (Å²) >= 11 is 1.28. The summed E-state index contributed by atoms with van der Waals surface area (Å²) in [7, 11) is 0. The van der Waals surface area contributed by atoms with E-state index < -0.39 is 17.2 Å². The Kier molecular flexibility index (Phi) is 4.33. The summed E-state index contributed by atoms with van der Waals surface area (Å²) in [6, 6.07) is 8.77. The van der Waals surface area contributed by atoms with E-state index in [0.717, 1.165) is 24.2 Å². The number of nitrogens with zero attached hydrogens (tertiary/aromatic N) is 3. The van der Waals surface area contributed by atoms with Gasteiger partial charge in [-0.2, -0.15) is 0 Å². The molecule has 0 unspecified atom stereocenters. The van der Waals surface area contributed by atoms with E-state index in [0.29, 0.717) is 11.2 Å². The Morgan fingerprint density at radius 1 is 1.30 bits per heavy atom. The molecule has 1 atom stereocenters. The number of aryl methyl sites for hydroxylation is 1. The zero-order valence-corrected chi connectivity index (χ0v) is 13.4. The van der Waals surface area contributed by atoms with Crippen molar-refractivity contribution in [1.29, 1.82) is 0 Å². The fourth-order valence-electron chi connectivity index (χ4n) is 2.38. The summed E-state index contributed by atoms with van der Waals surface area (Å²) < 4.78 is 2.05. The van der Waals surface area contributed by atoms with Crippen LogP contribution >= 0.6 is 11.8 Å². The molecule has 120 valence electrons. The molecule has 23 heavy (non-hydrogen) atoms. The lowest BCUT2D eigenvalue weighted by atomic mass is 10.1. The van der Waals surface area contributed by atoms with Gasteiger partial charge >= 0.3 is 6.03 Å². The van der Waals surface area contributed by atoms with Gasteiger partial charge < -0.3 is 10.3 Å². The number of carbonyl (C=O) groups is 2. The predicted molar refractivity (Wildman–Crippen MR) is 85.8 cm³/mol. The zero-order chi connectivity index (χ0) is 16.4. The normalized spacial score (nSPS) is 15.2. The Morgan fingerprint density at radius 3 is 2.61 bits per heavy atom. The highest BCUT2D eigenvalue weighted by Crippen LogP contribution is 2.42. The molecule has 1 aliphatic rings. The highest BCUT2D eigenvalue weighted by Gasteiger charge is 2.31. The number of carbonyl (C=O) groups excluding carboxylic acids is 2. The van der Waals surface area contributed by atoms with Gasteiger partial charge in [0.15, 0.2) is 5.16 Å². The average molecular weight is 331 g/mol. The monoisotopic (exact) mass is 331 g/mol. The highest BCUT2D eigenvalue weighted by atomic mass is 32.2. The molecule has 3 amide bonds. The molecule has 0 bridgehead atoms. The largest absolute Gasteiger partial charge is 0.351 e. The summed E-state index contributed by atoms with van der Waals surface area (Å²) in [5.41, 5.74) is 5.86. The van der Waals surface area contributed by atoms with E-state index in [2.05, 4.69) is 20.1 Å². The number of aromatic nitrogens is 3. The van der Waals surface area contributed by atoms with Gasteiger partial charge in [-0.15, -0.1) is 10.2 Å². The number of hydrogen-bond acceptors (Lipinski definition) is 5. The first-order valence-electron chi connectivity index (χ1n) is 7.29. The van der Waals surface area contributed by atoms with Gasteiger partial charge in [0.05, 0.1) is 0 Å². The van der Waals surface area contributed by atoms with Crippen LogP contribution in [0.1, 0.15) is 35.5 Å². The van der Waals surface area contributed by atoms with Gasteiger partial charge in [0.2, 0.25) is 5.91 Å². The second kappa shape index (κ2) is 6.41. The van der Waals surface area contributed by atoms with Crippen molar-refractivity contribution in [2.75, 3.05) is 0 Å². The van der Waals surface area contributed by atoms with E-state index in [1.807, 2.05) is 37.3 Å². The van der Waals surface area contributed by atoms with Crippen LogP contribution in [0.25, 0.3) is 0 Å². The Balaban J connectivity index is 1.90. The number of urea groups is 1. The third kappa shape index (κ3) is 3.53. The maximum atomic E-state index is 12.4. The second-order valence-corrected chi connectivity index (χ2v) is 6.47. The van der Waals surface area contributed by atoms with Gasteiger partial charge in [0.25, 0.3) is 0 Å². The van der Waals surface area contributed by atoms with Crippen molar-refractivity contribution in [2.24, 2.45) is 5.73 Å². The van der Waals surface area contributed by atoms with Crippen molar-refractivity contribution in [3.8, 4) is 0 Å². The van der Waals surface area contributed by atoms with Gasteiger partial charge in [-0.1, -0.05) is 42.1 Å². The fourth-order valence-corrected chi connectivity index (χ4v) is 3.53. The standard InChI is InChI=1S/C15H17N5O2S/c1-9-18-19-15(20(9)11-7-8-11)23-12(13(21)17-14(16)22)10-5-3-2-4-6-10/h2-6,11-12H,7-8H2,1H3,(H3,16,17,21,22)/t12-/m1/s1. The smallest absolute Gasteiger partial charge is 0.318 e. The molecule has 7 nitrogen and oxygen atoms in total. The quantitative estimate of drug-likeness (QED) is 0.815. The van der Waals surface area contributed by atoms with Gasteiger partial charge in [-0.25, -0.2) is 4.79 Å². The second-order valence-electron chi connectivity index (χ2n) is 5.39. The SMILES string of the molecule is Cc1nnc(S[C@@H](C(=O)NC(N)=O)c2ccccc2)n1C1CC1. The molecule has 2 aromatic rings. The first-order chi connectivity index (χ1) is 11.1. The lowest BCUT2D eigenvalue weighted by Gasteiger charge is -2.16. The molecule has 1 fully saturated rings. The maximum Gasteiger partial charge on any atom is 0.318 e. The Hall–Kier alpha value is -2.35. The van der Waals surface area contributed by atoms with Gasteiger partial charge in [0.1, 0.15) is 11.1 Å². The molecule has 8 heteroatoms. The Bertz CT molecular complexity index is 727. The minimum Gasteiger partial charge on any atom is -0.351 e. The molecule has 0 aliphatic heterocycles. The van der Waals surface area contributed by atoms with E-state index in [1.54, 1.807) is 0 Å². The number of thioether (sulfide) groups is 1. The summed E-state index contributed by atoms with van der Waals surface area (Å²) in [5.74, 6) is 0.369. The van der Waals surface area contributed by atoms with Crippen molar-refractivity contribution >= 4 is 23.7 Å². The van der Waals surface area contributed by atoms with Crippen LogP contribution in [0.5, 0.6) is 0 Å². The van der Waals surface area contributed by atoms with Crippen LogP contribution in [0.15, 0.2) is 35.5 Å². The molecule has 3 rings (SSSR count). The van der Waals surface area contributed by atoms with Crippen molar-refractivity contribution in [3.63, 3.8) is 0 Å². The van der Waals surface area contributed by atoms with E-state index in [1.165, 1.54) is 11.8 Å². The Labute approximate surface area is 137 Å². The topological polar surface area (TPSA) is 103 Å². The average Bonchev–Trinajstić information content (AvgIpc) is 3.28. The molecule has 1 aliphatic carbocycles. The van der Waals surface area contributed by atoms with Gasteiger partial charge in [-0.3, -0.25) is 10.1 Å². The lowest BCUT2D eigenvalue weighted by Crippen LogP contribution is -2.37.